The fraction of sp³-hybridized carbons (Fsp3) is 0.933. The summed E-state index contributed by atoms with van der Waals surface area (Å²) in [6.07, 6.45) is 5.17. The first-order valence-corrected chi connectivity index (χ1v) is 7.81. The first-order chi connectivity index (χ1) is 9.08. The summed E-state index contributed by atoms with van der Waals surface area (Å²) in [4.78, 5) is 6.91. The second-order valence-electron chi connectivity index (χ2n) is 5.84. The van der Waals surface area contributed by atoms with Crippen molar-refractivity contribution in [3.8, 4) is 0 Å². The van der Waals surface area contributed by atoms with Crippen molar-refractivity contribution >= 4 is 29.9 Å². The highest BCUT2D eigenvalue weighted by molar-refractivity contribution is 14.0. The molecule has 1 aliphatic rings. The number of likely N-dealkylation sites (tertiary alicyclic amines) is 1. The normalized spacial score (nSPS) is 23.6. The Morgan fingerprint density at radius 2 is 2.05 bits per heavy atom. The molecule has 0 aliphatic carbocycles. The third-order valence-corrected chi connectivity index (χ3v) is 4.20. The smallest absolute Gasteiger partial charge is 0.191 e. The molecule has 5 heteroatoms. The van der Waals surface area contributed by atoms with Gasteiger partial charge >= 0.3 is 0 Å². The van der Waals surface area contributed by atoms with Gasteiger partial charge in [0.2, 0.25) is 0 Å². The molecule has 1 heterocycles. The lowest BCUT2D eigenvalue weighted by Gasteiger charge is -2.38. The van der Waals surface area contributed by atoms with Crippen LogP contribution >= 0.6 is 24.0 Å². The lowest BCUT2D eigenvalue weighted by molar-refractivity contribution is 0.115. The maximum absolute atomic E-state index is 4.29. The van der Waals surface area contributed by atoms with E-state index in [1.807, 2.05) is 7.05 Å². The van der Waals surface area contributed by atoms with Gasteiger partial charge in [-0.1, -0.05) is 13.3 Å². The lowest BCUT2D eigenvalue weighted by atomic mass is 10.0. The van der Waals surface area contributed by atoms with Gasteiger partial charge in [0.05, 0.1) is 0 Å². The van der Waals surface area contributed by atoms with Crippen molar-refractivity contribution in [3.05, 3.63) is 0 Å². The first kappa shape index (κ1) is 20.0. The Morgan fingerprint density at radius 1 is 1.35 bits per heavy atom. The van der Waals surface area contributed by atoms with Crippen molar-refractivity contribution in [2.24, 2.45) is 4.99 Å². The number of halogens is 1. The summed E-state index contributed by atoms with van der Waals surface area (Å²) in [6, 6.07) is 1.75. The van der Waals surface area contributed by atoms with Gasteiger partial charge in [-0.25, -0.2) is 0 Å². The van der Waals surface area contributed by atoms with Crippen LogP contribution in [0.15, 0.2) is 4.99 Å². The second-order valence-corrected chi connectivity index (χ2v) is 5.84. The zero-order chi connectivity index (χ0) is 14.3. The summed E-state index contributed by atoms with van der Waals surface area (Å²) in [6.45, 7) is 11.2. The molecule has 0 spiro atoms. The van der Waals surface area contributed by atoms with Crippen LogP contribution in [-0.2, 0) is 0 Å². The van der Waals surface area contributed by atoms with E-state index in [1.54, 1.807) is 0 Å². The van der Waals surface area contributed by atoms with Crippen molar-refractivity contribution in [2.75, 3.05) is 20.1 Å². The van der Waals surface area contributed by atoms with Crippen LogP contribution in [0.1, 0.15) is 53.4 Å². The quantitative estimate of drug-likeness (QED) is 0.427. The Labute approximate surface area is 142 Å². The second kappa shape index (κ2) is 10.7. The van der Waals surface area contributed by atoms with E-state index in [0.29, 0.717) is 12.1 Å². The fourth-order valence-corrected chi connectivity index (χ4v) is 2.67. The molecule has 120 valence electrons. The minimum atomic E-state index is 0. The molecular formula is C15H33IN4. The molecule has 2 N–H and O–H groups in total. The van der Waals surface area contributed by atoms with Gasteiger partial charge in [0, 0.05) is 31.7 Å². The largest absolute Gasteiger partial charge is 0.355 e. The van der Waals surface area contributed by atoms with Crippen molar-refractivity contribution in [2.45, 2.75) is 71.5 Å². The minimum absolute atomic E-state index is 0. The topological polar surface area (TPSA) is 39.7 Å². The molecule has 0 aromatic carbocycles. The standard InChI is InChI=1S/C15H32N4.HI/c1-6-12(2)18-15(16-5)17-11-14(4)19-10-8-7-9-13(19)3;/h12-14H,6-11H2,1-5H3,(H2,16,17,18);1H. The summed E-state index contributed by atoms with van der Waals surface area (Å²) in [7, 11) is 1.84. The van der Waals surface area contributed by atoms with Crippen molar-refractivity contribution in [3.63, 3.8) is 0 Å². The van der Waals surface area contributed by atoms with Crippen LogP contribution in [0.4, 0.5) is 0 Å². The third-order valence-electron chi connectivity index (χ3n) is 4.20. The number of nitrogens with one attached hydrogen (secondary N) is 2. The molecule has 1 saturated heterocycles. The molecule has 1 fully saturated rings. The SMILES string of the molecule is CCC(C)NC(=NC)NCC(C)N1CCCCC1C.I. The Kier molecular flexibility index (Phi) is 10.6. The molecule has 0 saturated carbocycles. The molecule has 0 aromatic heterocycles. The summed E-state index contributed by atoms with van der Waals surface area (Å²) in [5.74, 6) is 0.922. The fourth-order valence-electron chi connectivity index (χ4n) is 2.67. The number of aliphatic imine (C=N–C) groups is 1. The summed E-state index contributed by atoms with van der Waals surface area (Å²) < 4.78 is 0. The van der Waals surface area contributed by atoms with Gasteiger partial charge in [-0.05, 0) is 46.6 Å². The molecule has 0 bridgehead atoms. The molecule has 3 unspecified atom stereocenters. The van der Waals surface area contributed by atoms with Crippen LogP contribution in [0, 0.1) is 0 Å². The highest BCUT2D eigenvalue weighted by atomic mass is 127. The molecule has 3 atom stereocenters. The van der Waals surface area contributed by atoms with Crippen LogP contribution in [0.5, 0.6) is 0 Å². The van der Waals surface area contributed by atoms with Crippen molar-refractivity contribution < 1.29 is 0 Å². The average Bonchev–Trinajstić information content (AvgIpc) is 2.43. The van der Waals surface area contributed by atoms with Gasteiger partial charge in [0.25, 0.3) is 0 Å². The minimum Gasteiger partial charge on any atom is -0.355 e. The van der Waals surface area contributed by atoms with Crippen LogP contribution in [0.25, 0.3) is 0 Å². The highest BCUT2D eigenvalue weighted by Crippen LogP contribution is 2.18. The maximum Gasteiger partial charge on any atom is 0.191 e. The van der Waals surface area contributed by atoms with Gasteiger partial charge in [0.1, 0.15) is 0 Å². The summed E-state index contributed by atoms with van der Waals surface area (Å²) in [5.41, 5.74) is 0. The van der Waals surface area contributed by atoms with E-state index in [4.69, 9.17) is 0 Å². The molecule has 0 radical (unpaired) electrons. The molecule has 0 amide bonds. The number of hydrogen-bond donors (Lipinski definition) is 2. The number of nitrogens with zero attached hydrogens (tertiary/aromatic N) is 2. The predicted molar refractivity (Wildman–Crippen MR) is 99.1 cm³/mol. The van der Waals surface area contributed by atoms with Crippen molar-refractivity contribution in [1.29, 1.82) is 0 Å². The first-order valence-electron chi connectivity index (χ1n) is 7.81. The van der Waals surface area contributed by atoms with E-state index in [0.717, 1.165) is 25.0 Å². The predicted octanol–water partition coefficient (Wildman–Crippen LogP) is 2.83. The zero-order valence-corrected chi connectivity index (χ0v) is 16.1. The van der Waals surface area contributed by atoms with E-state index in [2.05, 4.69) is 48.2 Å². The van der Waals surface area contributed by atoms with Crippen molar-refractivity contribution in [1.82, 2.24) is 15.5 Å². The average molecular weight is 396 g/mol. The van der Waals surface area contributed by atoms with Crippen LogP contribution in [0.2, 0.25) is 0 Å². The molecule has 20 heavy (non-hydrogen) atoms. The maximum atomic E-state index is 4.29. The van der Waals surface area contributed by atoms with E-state index in [9.17, 15) is 0 Å². The molecule has 0 aromatic rings. The van der Waals surface area contributed by atoms with Gasteiger partial charge in [-0.2, -0.15) is 0 Å². The monoisotopic (exact) mass is 396 g/mol. The Balaban J connectivity index is 0.00000361. The van der Waals surface area contributed by atoms with E-state index in [-0.39, 0.29) is 24.0 Å². The van der Waals surface area contributed by atoms with Crippen LogP contribution in [0.3, 0.4) is 0 Å². The van der Waals surface area contributed by atoms with Crippen LogP contribution in [-0.4, -0.2) is 49.1 Å². The Bertz CT molecular complexity index is 283. The number of hydrogen-bond acceptors (Lipinski definition) is 2. The Morgan fingerprint density at radius 3 is 2.60 bits per heavy atom. The molecular weight excluding hydrogens is 363 g/mol. The van der Waals surface area contributed by atoms with Gasteiger partial charge in [0.15, 0.2) is 5.96 Å². The Hall–Kier alpha value is -0.0400. The molecule has 1 rings (SSSR count). The third kappa shape index (κ3) is 6.61. The molecule has 4 nitrogen and oxygen atoms in total. The summed E-state index contributed by atoms with van der Waals surface area (Å²) in [5, 5.41) is 6.86. The number of rotatable bonds is 5. The van der Waals surface area contributed by atoms with E-state index >= 15 is 0 Å². The lowest BCUT2D eigenvalue weighted by Crippen LogP contribution is -2.51. The zero-order valence-electron chi connectivity index (χ0n) is 13.8. The van der Waals surface area contributed by atoms with Gasteiger partial charge < -0.3 is 10.6 Å². The van der Waals surface area contributed by atoms with Gasteiger partial charge in [-0.15, -0.1) is 24.0 Å². The summed E-state index contributed by atoms with van der Waals surface area (Å²) >= 11 is 0. The van der Waals surface area contributed by atoms with Crippen LogP contribution < -0.4 is 10.6 Å². The van der Waals surface area contributed by atoms with E-state index in [1.165, 1.54) is 25.8 Å². The van der Waals surface area contributed by atoms with E-state index < -0.39 is 0 Å². The highest BCUT2D eigenvalue weighted by Gasteiger charge is 2.22. The van der Waals surface area contributed by atoms with Gasteiger partial charge in [-0.3, -0.25) is 9.89 Å². The number of guanidine groups is 1. The molecule has 1 aliphatic heterocycles. The number of piperidine rings is 1.